The van der Waals surface area contributed by atoms with Crippen LogP contribution in [-0.4, -0.2) is 15.3 Å². The van der Waals surface area contributed by atoms with E-state index in [1.54, 1.807) is 0 Å². The Labute approximate surface area is 113 Å². The number of nitrogens with zero attached hydrogens (tertiary/aromatic N) is 2. The standard InChI is InChI=1S/C13H12BrN3O/c14-8-1-2-11-15-10(7-17(11)6-8)16-12(18)9-5-13(9)3-4-13/h1-2,6-7,9H,3-5H2,(H,16,18). The summed E-state index contributed by atoms with van der Waals surface area (Å²) in [6, 6.07) is 3.85. The lowest BCUT2D eigenvalue weighted by molar-refractivity contribution is -0.117. The normalized spacial score (nSPS) is 23.3. The fourth-order valence-electron chi connectivity index (χ4n) is 2.67. The molecule has 5 heteroatoms. The van der Waals surface area contributed by atoms with E-state index in [9.17, 15) is 4.79 Å². The van der Waals surface area contributed by atoms with Crippen LogP contribution in [0.2, 0.25) is 0 Å². The summed E-state index contributed by atoms with van der Waals surface area (Å²) in [6.07, 6.45) is 7.29. The third-order valence-corrected chi connectivity index (χ3v) is 4.53. The van der Waals surface area contributed by atoms with Gasteiger partial charge in [0.1, 0.15) is 5.65 Å². The van der Waals surface area contributed by atoms with E-state index in [2.05, 4.69) is 26.2 Å². The number of amides is 1. The summed E-state index contributed by atoms with van der Waals surface area (Å²) in [5.74, 6) is 1.00. The second-order valence-corrected chi connectivity index (χ2v) is 6.26. The van der Waals surface area contributed by atoms with Crippen LogP contribution in [0.3, 0.4) is 0 Å². The third-order valence-electron chi connectivity index (χ3n) is 4.06. The summed E-state index contributed by atoms with van der Waals surface area (Å²) in [7, 11) is 0. The highest BCUT2D eigenvalue weighted by atomic mass is 79.9. The molecule has 1 spiro atoms. The molecule has 2 saturated carbocycles. The SMILES string of the molecule is O=C(Nc1cn2cc(Br)ccc2n1)C1CC12CC2. The summed E-state index contributed by atoms with van der Waals surface area (Å²) < 4.78 is 2.89. The number of pyridine rings is 1. The van der Waals surface area contributed by atoms with Crippen LogP contribution < -0.4 is 5.32 Å². The van der Waals surface area contributed by atoms with Crippen molar-refractivity contribution in [2.75, 3.05) is 5.32 Å². The number of fused-ring (bicyclic) bond motifs is 1. The molecule has 2 aliphatic rings. The molecule has 4 nitrogen and oxygen atoms in total. The van der Waals surface area contributed by atoms with Crippen LogP contribution in [0.1, 0.15) is 19.3 Å². The number of hydrogen-bond acceptors (Lipinski definition) is 2. The maximum atomic E-state index is 12.0. The minimum atomic E-state index is 0.134. The van der Waals surface area contributed by atoms with Crippen molar-refractivity contribution in [3.05, 3.63) is 29.0 Å². The molecule has 2 fully saturated rings. The van der Waals surface area contributed by atoms with Crippen molar-refractivity contribution >= 4 is 33.3 Å². The van der Waals surface area contributed by atoms with E-state index in [-0.39, 0.29) is 11.8 Å². The van der Waals surface area contributed by atoms with Gasteiger partial charge in [0.2, 0.25) is 5.91 Å². The zero-order valence-electron chi connectivity index (χ0n) is 9.69. The average molecular weight is 306 g/mol. The fraction of sp³-hybridized carbons (Fsp3) is 0.385. The maximum Gasteiger partial charge on any atom is 0.229 e. The van der Waals surface area contributed by atoms with Gasteiger partial charge in [0.15, 0.2) is 5.82 Å². The molecule has 0 bridgehead atoms. The Bertz CT molecular complexity index is 659. The molecule has 1 unspecified atom stereocenters. The van der Waals surface area contributed by atoms with Crippen molar-refractivity contribution in [3.63, 3.8) is 0 Å². The minimum absolute atomic E-state index is 0.134. The molecular weight excluding hydrogens is 294 g/mol. The molecule has 2 aliphatic carbocycles. The van der Waals surface area contributed by atoms with E-state index in [1.807, 2.05) is 28.9 Å². The highest BCUT2D eigenvalue weighted by Crippen LogP contribution is 2.70. The van der Waals surface area contributed by atoms with Crippen molar-refractivity contribution in [3.8, 4) is 0 Å². The monoisotopic (exact) mass is 305 g/mol. The number of carbonyl (C=O) groups is 1. The summed E-state index contributed by atoms with van der Waals surface area (Å²) in [5.41, 5.74) is 1.23. The van der Waals surface area contributed by atoms with E-state index >= 15 is 0 Å². The molecule has 0 aliphatic heterocycles. The maximum absolute atomic E-state index is 12.0. The highest BCUT2D eigenvalue weighted by molar-refractivity contribution is 9.10. The van der Waals surface area contributed by atoms with Crippen molar-refractivity contribution in [2.45, 2.75) is 19.3 Å². The van der Waals surface area contributed by atoms with Crippen LogP contribution in [0.5, 0.6) is 0 Å². The average Bonchev–Trinajstić information content (AvgIpc) is 3.22. The van der Waals surface area contributed by atoms with Crippen LogP contribution in [0, 0.1) is 11.3 Å². The lowest BCUT2D eigenvalue weighted by Gasteiger charge is -1.98. The summed E-state index contributed by atoms with van der Waals surface area (Å²) in [5, 5.41) is 2.92. The second-order valence-electron chi connectivity index (χ2n) is 5.35. The molecule has 1 N–H and O–H groups in total. The number of imidazole rings is 1. The van der Waals surface area contributed by atoms with Crippen molar-refractivity contribution in [1.29, 1.82) is 0 Å². The Balaban J connectivity index is 1.57. The molecule has 18 heavy (non-hydrogen) atoms. The van der Waals surface area contributed by atoms with Gasteiger partial charge in [0.05, 0.1) is 6.20 Å². The fourth-order valence-corrected chi connectivity index (χ4v) is 3.02. The molecule has 2 aromatic rings. The van der Waals surface area contributed by atoms with Gasteiger partial charge in [-0.3, -0.25) is 4.79 Å². The van der Waals surface area contributed by atoms with Gasteiger partial charge >= 0.3 is 0 Å². The number of hydrogen-bond donors (Lipinski definition) is 1. The van der Waals surface area contributed by atoms with Gasteiger partial charge in [-0.2, -0.15) is 0 Å². The van der Waals surface area contributed by atoms with Crippen molar-refractivity contribution < 1.29 is 4.79 Å². The van der Waals surface area contributed by atoms with Crippen molar-refractivity contribution in [2.24, 2.45) is 11.3 Å². The minimum Gasteiger partial charge on any atom is -0.309 e. The van der Waals surface area contributed by atoms with E-state index < -0.39 is 0 Å². The van der Waals surface area contributed by atoms with Crippen LogP contribution >= 0.6 is 15.9 Å². The molecule has 0 aromatic carbocycles. The molecule has 92 valence electrons. The van der Waals surface area contributed by atoms with E-state index in [4.69, 9.17) is 0 Å². The largest absolute Gasteiger partial charge is 0.309 e. The molecule has 1 amide bonds. The second kappa shape index (κ2) is 3.35. The Morgan fingerprint density at radius 2 is 2.28 bits per heavy atom. The first-order chi connectivity index (χ1) is 8.66. The van der Waals surface area contributed by atoms with Gasteiger partial charge in [0, 0.05) is 16.6 Å². The van der Waals surface area contributed by atoms with Crippen LogP contribution in [0.15, 0.2) is 29.0 Å². The first kappa shape index (κ1) is 10.6. The molecule has 4 rings (SSSR count). The first-order valence-corrected chi connectivity index (χ1v) is 6.91. The van der Waals surface area contributed by atoms with Crippen LogP contribution in [0.25, 0.3) is 5.65 Å². The molecule has 2 aromatic heterocycles. The number of carbonyl (C=O) groups excluding carboxylic acids is 1. The third kappa shape index (κ3) is 1.57. The number of nitrogens with one attached hydrogen (secondary N) is 1. The zero-order chi connectivity index (χ0) is 12.3. The van der Waals surface area contributed by atoms with Gasteiger partial charge in [-0.25, -0.2) is 4.98 Å². The number of anilines is 1. The van der Waals surface area contributed by atoms with E-state index in [1.165, 1.54) is 12.8 Å². The molecular formula is C13H12BrN3O. The predicted octanol–water partition coefficient (Wildman–Crippen LogP) is 2.84. The molecule has 1 atom stereocenters. The molecule has 0 radical (unpaired) electrons. The smallest absolute Gasteiger partial charge is 0.229 e. The topological polar surface area (TPSA) is 46.4 Å². The summed E-state index contributed by atoms with van der Waals surface area (Å²) in [6.45, 7) is 0. The van der Waals surface area contributed by atoms with Gasteiger partial charge < -0.3 is 9.72 Å². The van der Waals surface area contributed by atoms with Crippen molar-refractivity contribution in [1.82, 2.24) is 9.38 Å². The van der Waals surface area contributed by atoms with Gasteiger partial charge in [-0.1, -0.05) is 0 Å². The quantitative estimate of drug-likeness (QED) is 0.927. The van der Waals surface area contributed by atoms with Gasteiger partial charge in [-0.15, -0.1) is 0 Å². The van der Waals surface area contributed by atoms with E-state index in [0.29, 0.717) is 11.2 Å². The number of halogens is 1. The molecule has 2 heterocycles. The number of aromatic nitrogens is 2. The highest BCUT2D eigenvalue weighted by Gasteiger charge is 2.65. The lowest BCUT2D eigenvalue weighted by Crippen LogP contribution is -2.15. The summed E-state index contributed by atoms with van der Waals surface area (Å²) >= 11 is 3.41. The Hall–Kier alpha value is -1.36. The Morgan fingerprint density at radius 1 is 1.44 bits per heavy atom. The van der Waals surface area contributed by atoms with E-state index in [0.717, 1.165) is 16.5 Å². The summed E-state index contributed by atoms with van der Waals surface area (Å²) in [4.78, 5) is 16.4. The Kier molecular flexibility index (Phi) is 1.96. The zero-order valence-corrected chi connectivity index (χ0v) is 11.3. The van der Waals surface area contributed by atoms with Gasteiger partial charge in [-0.05, 0) is 52.7 Å². The van der Waals surface area contributed by atoms with Crippen LogP contribution in [-0.2, 0) is 4.79 Å². The first-order valence-electron chi connectivity index (χ1n) is 6.11. The predicted molar refractivity (Wildman–Crippen MR) is 71.3 cm³/mol. The van der Waals surface area contributed by atoms with Gasteiger partial charge in [0.25, 0.3) is 0 Å². The number of rotatable bonds is 2. The Morgan fingerprint density at radius 3 is 3.00 bits per heavy atom. The van der Waals surface area contributed by atoms with Crippen LogP contribution in [0.4, 0.5) is 5.82 Å². The molecule has 0 saturated heterocycles. The lowest BCUT2D eigenvalue weighted by atomic mass is 10.3.